The molecule has 1 unspecified atom stereocenters. The lowest BCUT2D eigenvalue weighted by atomic mass is 9.95. The largest absolute Gasteiger partial charge is 0.353 e. The number of rotatable bonds is 5. The van der Waals surface area contributed by atoms with Crippen molar-refractivity contribution in [2.24, 2.45) is 0 Å². The van der Waals surface area contributed by atoms with Crippen molar-refractivity contribution in [3.63, 3.8) is 0 Å². The molecule has 3 heterocycles. The van der Waals surface area contributed by atoms with Crippen molar-refractivity contribution >= 4 is 18.3 Å². The molecule has 0 spiro atoms. The summed E-state index contributed by atoms with van der Waals surface area (Å²) in [6.07, 6.45) is 9.76. The van der Waals surface area contributed by atoms with Gasteiger partial charge in [0, 0.05) is 12.6 Å². The fourth-order valence-electron chi connectivity index (χ4n) is 3.69. The Hall–Kier alpha value is -2.00. The van der Waals surface area contributed by atoms with Crippen molar-refractivity contribution in [2.45, 2.75) is 63.5 Å². The van der Waals surface area contributed by atoms with E-state index in [4.69, 9.17) is 4.52 Å². The monoisotopic (exact) mass is 395 g/mol. The van der Waals surface area contributed by atoms with Crippen LogP contribution in [0.3, 0.4) is 0 Å². The van der Waals surface area contributed by atoms with Crippen molar-refractivity contribution in [3.05, 3.63) is 12.2 Å². The lowest BCUT2D eigenvalue weighted by Gasteiger charge is -2.22. The Morgan fingerprint density at radius 1 is 1.26 bits per heavy atom. The van der Waals surface area contributed by atoms with Crippen LogP contribution in [0.5, 0.6) is 0 Å². The van der Waals surface area contributed by atoms with Gasteiger partial charge in [-0.3, -0.25) is 4.79 Å². The molecule has 2 aromatic heterocycles. The van der Waals surface area contributed by atoms with Crippen molar-refractivity contribution in [1.29, 1.82) is 0 Å². The third kappa shape index (κ3) is 5.04. The first-order valence-electron chi connectivity index (χ1n) is 9.52. The van der Waals surface area contributed by atoms with Crippen LogP contribution in [-0.2, 0) is 11.2 Å². The number of nitrogens with zero attached hydrogens (tertiary/aromatic N) is 5. The van der Waals surface area contributed by atoms with E-state index in [0.717, 1.165) is 38.8 Å². The molecule has 1 saturated carbocycles. The smallest absolute Gasteiger partial charge is 0.297 e. The average molecular weight is 396 g/mol. The zero-order valence-corrected chi connectivity index (χ0v) is 16.1. The standard InChI is InChI=1S/C17H25N7O2.ClH/c25-15(20-12-5-2-1-3-6-12)9-14-21-17(26-23-14)16-19-11-24(22-16)13-7-4-8-18-10-13;/h11-13,18H,1-10H2,(H,20,25);1H. The number of piperidine rings is 1. The van der Waals surface area contributed by atoms with Gasteiger partial charge in [-0.25, -0.2) is 9.67 Å². The zero-order chi connectivity index (χ0) is 17.8. The molecule has 2 aliphatic rings. The van der Waals surface area contributed by atoms with E-state index in [1.165, 1.54) is 19.3 Å². The van der Waals surface area contributed by atoms with Crippen molar-refractivity contribution in [3.8, 4) is 11.7 Å². The van der Waals surface area contributed by atoms with Crippen LogP contribution in [0.25, 0.3) is 11.7 Å². The van der Waals surface area contributed by atoms with Crippen molar-refractivity contribution < 1.29 is 9.32 Å². The normalized spacial score (nSPS) is 20.8. The van der Waals surface area contributed by atoms with Crippen LogP contribution in [0.15, 0.2) is 10.9 Å². The van der Waals surface area contributed by atoms with E-state index in [1.54, 1.807) is 6.33 Å². The first kappa shape index (κ1) is 19.8. The second-order valence-electron chi connectivity index (χ2n) is 7.14. The van der Waals surface area contributed by atoms with Gasteiger partial charge in [0.1, 0.15) is 6.33 Å². The summed E-state index contributed by atoms with van der Waals surface area (Å²) in [5, 5.41) is 14.8. The summed E-state index contributed by atoms with van der Waals surface area (Å²) >= 11 is 0. The van der Waals surface area contributed by atoms with Gasteiger partial charge in [0.2, 0.25) is 11.7 Å². The quantitative estimate of drug-likeness (QED) is 0.791. The van der Waals surface area contributed by atoms with Gasteiger partial charge in [-0.15, -0.1) is 17.5 Å². The molecule has 0 radical (unpaired) electrons. The number of hydrogen-bond donors (Lipinski definition) is 2. The molecule has 1 amide bonds. The molecule has 10 heteroatoms. The Morgan fingerprint density at radius 3 is 2.89 bits per heavy atom. The number of halogens is 1. The highest BCUT2D eigenvalue weighted by Gasteiger charge is 2.21. The predicted molar refractivity (Wildman–Crippen MR) is 100 cm³/mol. The second-order valence-corrected chi connectivity index (χ2v) is 7.14. The summed E-state index contributed by atoms with van der Waals surface area (Å²) in [6.45, 7) is 1.94. The molecule has 4 rings (SSSR count). The molecule has 9 nitrogen and oxygen atoms in total. The van der Waals surface area contributed by atoms with E-state index in [9.17, 15) is 4.79 Å². The maximum absolute atomic E-state index is 12.2. The Kier molecular flexibility index (Phi) is 6.78. The van der Waals surface area contributed by atoms with Crippen LogP contribution in [-0.4, -0.2) is 49.9 Å². The number of hydrogen-bond acceptors (Lipinski definition) is 7. The predicted octanol–water partition coefficient (Wildman–Crippen LogP) is 1.67. The Labute approximate surface area is 164 Å². The van der Waals surface area contributed by atoms with Gasteiger partial charge in [0.05, 0.1) is 12.5 Å². The van der Waals surface area contributed by atoms with Crippen LogP contribution in [0.4, 0.5) is 0 Å². The van der Waals surface area contributed by atoms with Gasteiger partial charge in [-0.2, -0.15) is 4.98 Å². The lowest BCUT2D eigenvalue weighted by molar-refractivity contribution is -0.121. The Balaban J connectivity index is 0.00000210. The third-order valence-electron chi connectivity index (χ3n) is 5.10. The fraction of sp³-hybridized carbons (Fsp3) is 0.706. The molecule has 1 atom stereocenters. The molecule has 2 fully saturated rings. The minimum Gasteiger partial charge on any atom is -0.353 e. The van der Waals surface area contributed by atoms with Gasteiger partial charge in [-0.1, -0.05) is 24.4 Å². The van der Waals surface area contributed by atoms with E-state index < -0.39 is 0 Å². The minimum atomic E-state index is -0.0592. The van der Waals surface area contributed by atoms with Crippen LogP contribution in [0.1, 0.15) is 56.8 Å². The number of nitrogens with one attached hydrogen (secondary N) is 2. The summed E-state index contributed by atoms with van der Waals surface area (Å²) < 4.78 is 7.10. The third-order valence-corrected chi connectivity index (χ3v) is 5.10. The summed E-state index contributed by atoms with van der Waals surface area (Å²) in [6, 6.07) is 0.581. The maximum Gasteiger partial charge on any atom is 0.297 e. The zero-order valence-electron chi connectivity index (χ0n) is 15.3. The highest BCUT2D eigenvalue weighted by atomic mass is 35.5. The first-order chi connectivity index (χ1) is 12.8. The van der Waals surface area contributed by atoms with E-state index in [0.29, 0.717) is 17.7 Å². The van der Waals surface area contributed by atoms with Crippen molar-refractivity contribution in [1.82, 2.24) is 35.5 Å². The van der Waals surface area contributed by atoms with Gasteiger partial charge in [-0.05, 0) is 32.2 Å². The Bertz CT molecular complexity index is 735. The van der Waals surface area contributed by atoms with Crippen LogP contribution < -0.4 is 10.6 Å². The number of carbonyl (C=O) groups excluding carboxylic acids is 1. The molecule has 1 aliphatic heterocycles. The average Bonchev–Trinajstić information content (AvgIpc) is 3.32. The molecule has 0 bridgehead atoms. The molecule has 0 aromatic carbocycles. The number of aromatic nitrogens is 5. The summed E-state index contributed by atoms with van der Waals surface area (Å²) in [5.74, 6) is 0.968. The molecular formula is C17H26ClN7O2. The first-order valence-corrected chi connectivity index (χ1v) is 9.52. The summed E-state index contributed by atoms with van der Waals surface area (Å²) in [7, 11) is 0. The van der Waals surface area contributed by atoms with Gasteiger partial charge in [0.25, 0.3) is 5.89 Å². The van der Waals surface area contributed by atoms with E-state index in [2.05, 4.69) is 30.9 Å². The summed E-state index contributed by atoms with van der Waals surface area (Å²) in [4.78, 5) is 20.7. The summed E-state index contributed by atoms with van der Waals surface area (Å²) in [5.41, 5.74) is 0. The molecule has 2 N–H and O–H groups in total. The highest BCUT2D eigenvalue weighted by molar-refractivity contribution is 5.85. The van der Waals surface area contributed by atoms with Gasteiger partial charge >= 0.3 is 0 Å². The maximum atomic E-state index is 12.2. The molecule has 1 aliphatic carbocycles. The molecule has 27 heavy (non-hydrogen) atoms. The molecule has 148 valence electrons. The van der Waals surface area contributed by atoms with E-state index in [-0.39, 0.29) is 36.7 Å². The van der Waals surface area contributed by atoms with Crippen molar-refractivity contribution in [2.75, 3.05) is 13.1 Å². The van der Waals surface area contributed by atoms with Crippen LogP contribution in [0, 0.1) is 0 Å². The van der Waals surface area contributed by atoms with Crippen LogP contribution >= 0.6 is 12.4 Å². The number of amides is 1. The molecule has 2 aromatic rings. The lowest BCUT2D eigenvalue weighted by Crippen LogP contribution is -2.37. The minimum absolute atomic E-state index is 0. The second kappa shape index (κ2) is 9.27. The van der Waals surface area contributed by atoms with Gasteiger partial charge in [0.15, 0.2) is 5.82 Å². The fourth-order valence-corrected chi connectivity index (χ4v) is 3.69. The van der Waals surface area contributed by atoms with Crippen LogP contribution in [0.2, 0.25) is 0 Å². The topological polar surface area (TPSA) is 111 Å². The molecule has 1 saturated heterocycles. The van der Waals surface area contributed by atoms with E-state index in [1.807, 2.05) is 4.68 Å². The number of carbonyl (C=O) groups is 1. The van der Waals surface area contributed by atoms with E-state index >= 15 is 0 Å². The highest BCUT2D eigenvalue weighted by Crippen LogP contribution is 2.19. The van der Waals surface area contributed by atoms with Gasteiger partial charge < -0.3 is 15.2 Å². The molecular weight excluding hydrogens is 370 g/mol. The SMILES string of the molecule is Cl.O=C(Cc1noc(-c2ncn(C3CCCNC3)n2)n1)NC1CCCCC1. The Morgan fingerprint density at radius 2 is 2.11 bits per heavy atom.